The van der Waals surface area contributed by atoms with E-state index in [1.807, 2.05) is 78.2 Å². The third-order valence-electron chi connectivity index (χ3n) is 29.2. The Kier molecular flexibility index (Phi) is 35.8. The Morgan fingerprint density at radius 2 is 0.846 bits per heavy atom. The normalized spacial score (nSPS) is 47.2. The van der Waals surface area contributed by atoms with Crippen molar-refractivity contribution in [1.29, 1.82) is 0 Å². The molecule has 14 rings (SSSR count). The van der Waals surface area contributed by atoms with E-state index in [9.17, 15) is 30.0 Å². The molecule has 14 aliphatic rings. The second kappa shape index (κ2) is 44.5. The van der Waals surface area contributed by atoms with Gasteiger partial charge in [0.1, 0.15) is 71.9 Å². The summed E-state index contributed by atoms with van der Waals surface area (Å²) < 4.78 is 138. The molecule has 0 aromatic rings. The molecule has 2 aliphatic carbocycles. The first-order valence-corrected chi connectivity index (χ1v) is 48.6. The lowest BCUT2D eigenvalue weighted by Gasteiger charge is -2.48. The van der Waals surface area contributed by atoms with Gasteiger partial charge < -0.3 is 140 Å². The second-order valence-electron chi connectivity index (χ2n) is 38.9. The third-order valence-corrected chi connectivity index (χ3v) is 29.2. The topological polar surface area (TPSA) is 401 Å². The van der Waals surface area contributed by atoms with Crippen molar-refractivity contribution in [2.75, 3.05) is 55.7 Å². The number of methoxy groups -OCH3 is 4. The molecule has 0 aromatic carbocycles. The van der Waals surface area contributed by atoms with Crippen molar-refractivity contribution in [2.45, 2.75) is 376 Å². The summed E-state index contributed by atoms with van der Waals surface area (Å²) in [5.74, 6) is -5.07. The van der Waals surface area contributed by atoms with Crippen LogP contribution in [0.4, 0.5) is 0 Å². The molecule has 9 N–H and O–H groups in total. The number of aliphatic hydroxyl groups excluding tert-OH is 2. The Balaban J connectivity index is 0.000000224. The van der Waals surface area contributed by atoms with Gasteiger partial charge in [-0.1, -0.05) is 135 Å². The number of esters is 2. The average Bonchev–Trinajstić information content (AvgIpc) is 1.56. The van der Waals surface area contributed by atoms with Gasteiger partial charge in [0.15, 0.2) is 36.7 Å². The molecular weight excluding hydrogens is 1700 g/mol. The molecule has 0 aromatic heterocycles. The van der Waals surface area contributed by atoms with E-state index in [0.717, 1.165) is 17.6 Å². The molecular formula is C97H151N2O30P. The van der Waals surface area contributed by atoms with Crippen molar-refractivity contribution >= 4 is 19.8 Å². The lowest BCUT2D eigenvalue weighted by Crippen LogP contribution is -2.58. The Labute approximate surface area is 768 Å². The van der Waals surface area contributed by atoms with Crippen LogP contribution in [0.1, 0.15) is 181 Å². The Morgan fingerprint density at radius 1 is 0.485 bits per heavy atom. The highest BCUT2D eigenvalue weighted by Gasteiger charge is 2.63. The number of nitrogens with one attached hydrogen (secondary N) is 2. The van der Waals surface area contributed by atoms with E-state index in [1.54, 1.807) is 66.6 Å². The zero-order valence-corrected chi connectivity index (χ0v) is 80.9. The third kappa shape index (κ3) is 23.7. The number of fused-ring (bicyclic) bond motifs is 4. The van der Waals surface area contributed by atoms with Crippen molar-refractivity contribution in [3.8, 4) is 0 Å². The molecule has 0 radical (unpaired) electrons. The standard InChI is InChI=1S/C49H75NO13.C48H73NO13.H3O4P/c1-12-26(2)44-29(5)18-19-48(63-44)24-35-21-34(62-48)17-16-28(4)43(27(3)14-13-15-33-25-56-46-42(51)30(6)20-36(47(52)59-35)49(33,46)53)60-40-23-38(55-11)45(32(8)58-40)61-39-22-37(54-10)41(50-9)31(7)57-39;1-25(2)42-28(5)17-18-47(62-42)23-34-20-33(61-47)16-15-27(4)43(26(3)13-12-14-32-24-55-45-41(50)29(6)19-35(46(51)58-34)48(32,45)52)59-39-22-37(54-11)44(31(8)57-39)60-38-21-36(53-10)40(49-9)30(7)56-38;1-5(2,3)4/h13-16,18-20,26-27,29,31-32,34-46,50-51,53H,12,17,21-25H2,1-11H3;12-15,17-19,25-26,28,30-31,33-45,49-50,52H,16,20-24H2,1-11H3;(H3,1,2,3,4)/b14-13+,28-16+,33-15+;13-12+,27-15+,32-14+;/t26-,27-,29-,31-,32-,34+,35-,36-,37-,38-,39-,40-,41-,42+,43-,44+,45-,46+,48+,49+;26-,28-,30-,31-,33+,34-,35-,36-,37-,38-,39-,40-,41+,42+,43-,44-,45+,47+,48+;/m00./s1. The zero-order valence-electron chi connectivity index (χ0n) is 80.0. The number of rotatable bonds is 17. The van der Waals surface area contributed by atoms with E-state index in [4.69, 9.17) is 114 Å². The second-order valence-corrected chi connectivity index (χ2v) is 40.0. The molecule has 33 heteroatoms. The molecule has 0 amide bonds. The van der Waals surface area contributed by atoms with Gasteiger partial charge in [-0.2, -0.15) is 0 Å². The van der Waals surface area contributed by atoms with Gasteiger partial charge >= 0.3 is 19.8 Å². The number of ether oxygens (including phenoxy) is 20. The van der Waals surface area contributed by atoms with Gasteiger partial charge in [-0.15, -0.1) is 0 Å². The van der Waals surface area contributed by atoms with Crippen molar-refractivity contribution in [3.63, 3.8) is 0 Å². The summed E-state index contributed by atoms with van der Waals surface area (Å²) in [5.41, 5.74) is 0.355. The minimum Gasteiger partial charge on any atom is -0.462 e. The number of likely N-dealkylation sites (N-methyl/N-ethyl adjacent to an activating group) is 2. The lowest BCUT2D eigenvalue weighted by molar-refractivity contribution is -0.312. The van der Waals surface area contributed by atoms with Crippen LogP contribution in [0, 0.1) is 47.3 Å². The van der Waals surface area contributed by atoms with Crippen LogP contribution < -0.4 is 10.6 Å². The van der Waals surface area contributed by atoms with Crippen LogP contribution >= 0.6 is 7.82 Å². The molecule has 8 saturated heterocycles. The highest BCUT2D eigenvalue weighted by Crippen LogP contribution is 2.51. The molecule has 734 valence electrons. The first-order chi connectivity index (χ1) is 61.5. The van der Waals surface area contributed by atoms with E-state index in [0.29, 0.717) is 86.5 Å². The zero-order chi connectivity index (χ0) is 94.6. The molecule has 8 fully saturated rings. The van der Waals surface area contributed by atoms with Crippen molar-refractivity contribution in [1.82, 2.24) is 10.6 Å². The summed E-state index contributed by atoms with van der Waals surface area (Å²) in [5, 5.41) is 54.1. The van der Waals surface area contributed by atoms with Crippen LogP contribution in [0.2, 0.25) is 0 Å². The minimum absolute atomic E-state index is 0.0407. The van der Waals surface area contributed by atoms with E-state index in [1.165, 1.54) is 0 Å². The van der Waals surface area contributed by atoms with Gasteiger partial charge in [-0.05, 0) is 140 Å². The van der Waals surface area contributed by atoms with E-state index >= 15 is 0 Å². The van der Waals surface area contributed by atoms with E-state index < -0.39 is 141 Å². The summed E-state index contributed by atoms with van der Waals surface area (Å²) in [7, 11) is 5.96. The highest BCUT2D eigenvalue weighted by molar-refractivity contribution is 7.45. The summed E-state index contributed by atoms with van der Waals surface area (Å²) in [4.78, 5) is 50.2. The largest absolute Gasteiger partial charge is 0.466 e. The Morgan fingerprint density at radius 3 is 1.22 bits per heavy atom. The lowest BCUT2D eigenvalue weighted by atomic mass is 9.71. The molecule has 130 heavy (non-hydrogen) atoms. The fourth-order valence-electron chi connectivity index (χ4n) is 21.9. The first-order valence-electron chi connectivity index (χ1n) is 47.0. The number of aliphatic hydroxyl groups is 4. The fraction of sp³-hybridized carbons (Fsp3) is 0.773. The SMILES string of the molecule is CC[C@H](C)[C@H]1O[C@]2(C=C[C@@H]1C)C[C@@H]1C[C@@H](C/C=C(\C)[C@@H](O[C@H]3C[C@H](OC)[C@@H](O[C@H]4C[C@H](OC)[C@@H](NC)[C@H](C)O4)[C@H](C)O3)[C@@H](C)/C=C/C=C3\CO[C@@H]4[C@H](O)C(C)=C[C@@H](C(=O)O1)[C@]34O)O2.CN[C@H]1[C@H](C)O[C@@H](O[C@H]2[C@H](C)O[C@@H](O[C@@H]3/C(C)=C/C[C@@H]4C[C@@H](C[C@]5(C=C[C@H](C)[C@@H](C(C)C)O5)O4)OC(=O)[C@@H]4C=C(C)[C@@H](O)[C@H]5OC/C(=C\C=C\[C@@H]3C)[C@]54O)C[C@@H]2OC)C[C@@H]1OC.O=P(O)(O)O. The fourth-order valence-corrected chi connectivity index (χ4v) is 21.9. The van der Waals surface area contributed by atoms with Crippen LogP contribution in [0.25, 0.3) is 0 Å². The predicted molar refractivity (Wildman–Crippen MR) is 478 cm³/mol. The summed E-state index contributed by atoms with van der Waals surface area (Å²) in [6.45, 7) is 32.7. The van der Waals surface area contributed by atoms with Crippen molar-refractivity contribution in [3.05, 3.63) is 119 Å². The van der Waals surface area contributed by atoms with Gasteiger partial charge in [0, 0.05) is 103 Å². The number of carbonyl (C=O) groups is 2. The van der Waals surface area contributed by atoms with E-state index in [-0.39, 0.29) is 134 Å². The molecule has 0 unspecified atom stereocenters. The minimum atomic E-state index is -4.64. The molecule has 4 bridgehead atoms. The van der Waals surface area contributed by atoms with Gasteiger partial charge in [-0.25, -0.2) is 4.57 Å². The van der Waals surface area contributed by atoms with Crippen LogP contribution in [-0.2, 0) is 109 Å². The molecule has 32 nitrogen and oxygen atoms in total. The quantitative estimate of drug-likeness (QED) is 0.0371. The van der Waals surface area contributed by atoms with Crippen LogP contribution in [0.3, 0.4) is 0 Å². The number of hydrogen-bond donors (Lipinski definition) is 9. The average molecular weight is 1860 g/mol. The van der Waals surface area contributed by atoms with Crippen LogP contribution in [0.5, 0.6) is 0 Å². The summed E-state index contributed by atoms with van der Waals surface area (Å²) >= 11 is 0. The summed E-state index contributed by atoms with van der Waals surface area (Å²) in [6, 6.07) is 0.0887. The number of phosphoric acid groups is 1. The Bertz CT molecular complexity index is 4160. The van der Waals surface area contributed by atoms with Crippen molar-refractivity contribution < 1.29 is 144 Å². The van der Waals surface area contributed by atoms with Gasteiger partial charge in [0.25, 0.3) is 0 Å². The molecule has 12 aliphatic heterocycles. The molecule has 12 heterocycles. The molecule has 2 spiro atoms. The Hall–Kier alpha value is -4.51. The summed E-state index contributed by atoms with van der Waals surface area (Å²) in [6.07, 6.45) is 20.5. The number of hydrogen-bond acceptors (Lipinski definition) is 29. The molecule has 39 atom stereocenters. The van der Waals surface area contributed by atoms with Gasteiger partial charge in [0.05, 0.1) is 111 Å². The molecule has 0 saturated carbocycles. The van der Waals surface area contributed by atoms with Crippen molar-refractivity contribution in [2.24, 2.45) is 47.3 Å². The van der Waals surface area contributed by atoms with Gasteiger partial charge in [-0.3, -0.25) is 9.59 Å². The maximum absolute atomic E-state index is 14.4. The predicted octanol–water partition coefficient (Wildman–Crippen LogP) is 9.89. The van der Waals surface area contributed by atoms with Crippen LogP contribution in [-0.4, -0.2) is 297 Å². The monoisotopic (exact) mass is 1860 g/mol. The van der Waals surface area contributed by atoms with Crippen LogP contribution in [0.15, 0.2) is 119 Å². The smallest absolute Gasteiger partial charge is 0.462 e. The number of carbonyl (C=O) groups excluding carboxylic acids is 2. The maximum Gasteiger partial charge on any atom is 0.466 e. The first kappa shape index (κ1) is 104. The highest BCUT2D eigenvalue weighted by atomic mass is 31.2. The number of allylic oxidation sites excluding steroid dienone is 4. The maximum atomic E-state index is 14.4. The van der Waals surface area contributed by atoms with E-state index in [2.05, 4.69) is 104 Å². The van der Waals surface area contributed by atoms with Gasteiger partial charge in [0.2, 0.25) is 0 Å².